The Morgan fingerprint density at radius 1 is 0.542 bits per heavy atom. The van der Waals surface area contributed by atoms with Gasteiger partial charge in [-0.25, -0.2) is 0 Å². The zero-order chi connectivity index (χ0) is 16.4. The fourth-order valence-corrected chi connectivity index (χ4v) is 3.17. The van der Waals surface area contributed by atoms with E-state index in [1.54, 1.807) is 0 Å². The van der Waals surface area contributed by atoms with Crippen molar-refractivity contribution in [2.24, 2.45) is 0 Å². The van der Waals surface area contributed by atoms with Gasteiger partial charge in [-0.15, -0.1) is 0 Å². The molecule has 0 heterocycles. The van der Waals surface area contributed by atoms with E-state index in [1.165, 1.54) is 32.7 Å². The molecule has 0 fully saturated rings. The second-order valence-electron chi connectivity index (χ2n) is 5.93. The highest BCUT2D eigenvalue weighted by Crippen LogP contribution is 2.25. The van der Waals surface area contributed by atoms with Crippen molar-refractivity contribution in [1.29, 1.82) is 0 Å². The first-order chi connectivity index (χ1) is 11.8. The average molecular weight is 306 g/mol. The highest BCUT2D eigenvalue weighted by atomic mass is 14.1. The lowest BCUT2D eigenvalue weighted by Crippen LogP contribution is -1.83. The van der Waals surface area contributed by atoms with Crippen LogP contribution in [0, 0.1) is 0 Å². The van der Waals surface area contributed by atoms with Crippen molar-refractivity contribution in [1.82, 2.24) is 0 Å². The monoisotopic (exact) mass is 306 g/mol. The van der Waals surface area contributed by atoms with Crippen LogP contribution in [0.15, 0.2) is 85.4 Å². The molecule has 0 aliphatic rings. The normalized spacial score (nSPS) is 11.3. The molecule has 0 aliphatic carbocycles. The lowest BCUT2D eigenvalue weighted by atomic mass is 9.99. The zero-order valence-electron chi connectivity index (χ0n) is 13.4. The van der Waals surface area contributed by atoms with Crippen molar-refractivity contribution in [2.75, 3.05) is 0 Å². The van der Waals surface area contributed by atoms with E-state index in [9.17, 15) is 0 Å². The molecule has 24 heavy (non-hydrogen) atoms. The lowest BCUT2D eigenvalue weighted by Gasteiger charge is -2.06. The van der Waals surface area contributed by atoms with Crippen LogP contribution in [0.25, 0.3) is 39.8 Å². The summed E-state index contributed by atoms with van der Waals surface area (Å²) in [6.07, 6.45) is 6.31. The Kier molecular flexibility index (Phi) is 3.72. The summed E-state index contributed by atoms with van der Waals surface area (Å²) in [5.74, 6) is 0. The Bertz CT molecular complexity index is 1060. The van der Waals surface area contributed by atoms with E-state index in [2.05, 4.69) is 97.6 Å². The quantitative estimate of drug-likeness (QED) is 0.365. The molecule has 0 heteroatoms. The van der Waals surface area contributed by atoms with Gasteiger partial charge in [-0.05, 0) is 50.4 Å². The second-order valence-corrected chi connectivity index (χ2v) is 5.93. The fourth-order valence-electron chi connectivity index (χ4n) is 3.17. The third-order valence-corrected chi connectivity index (χ3v) is 4.44. The number of benzene rings is 4. The van der Waals surface area contributed by atoms with Gasteiger partial charge in [0.15, 0.2) is 0 Å². The van der Waals surface area contributed by atoms with Gasteiger partial charge in [-0.2, -0.15) is 0 Å². The summed E-state index contributed by atoms with van der Waals surface area (Å²) in [5.41, 5.74) is 3.58. The molecule has 0 aliphatic heterocycles. The van der Waals surface area contributed by atoms with E-state index in [1.807, 2.05) is 6.08 Å². The number of rotatable bonds is 3. The summed E-state index contributed by atoms with van der Waals surface area (Å²) in [5, 5.41) is 5.04. The average Bonchev–Trinajstić information content (AvgIpc) is 2.65. The maximum Gasteiger partial charge on any atom is -0.0111 e. The molecule has 0 bridgehead atoms. The first kappa shape index (κ1) is 14.5. The van der Waals surface area contributed by atoms with Gasteiger partial charge in [-0.3, -0.25) is 0 Å². The molecule has 0 amide bonds. The van der Waals surface area contributed by atoms with E-state index in [4.69, 9.17) is 0 Å². The van der Waals surface area contributed by atoms with Crippen LogP contribution in [-0.2, 0) is 0 Å². The van der Waals surface area contributed by atoms with Crippen LogP contribution in [0.2, 0.25) is 0 Å². The first-order valence-electron chi connectivity index (χ1n) is 8.16. The maximum absolute atomic E-state index is 3.97. The summed E-state index contributed by atoms with van der Waals surface area (Å²) >= 11 is 0. The summed E-state index contributed by atoms with van der Waals surface area (Å²) in [7, 11) is 0. The van der Waals surface area contributed by atoms with Gasteiger partial charge in [0.2, 0.25) is 0 Å². The smallest absolute Gasteiger partial charge is 0.0111 e. The minimum absolute atomic E-state index is 1.16. The first-order valence-corrected chi connectivity index (χ1v) is 8.16. The molecule has 4 rings (SSSR count). The maximum atomic E-state index is 3.97. The van der Waals surface area contributed by atoms with Crippen molar-refractivity contribution in [2.45, 2.75) is 0 Å². The van der Waals surface area contributed by atoms with Crippen LogP contribution in [0.4, 0.5) is 0 Å². The Labute approximate surface area is 142 Å². The van der Waals surface area contributed by atoms with E-state index < -0.39 is 0 Å². The molecule has 0 saturated carbocycles. The third kappa shape index (κ3) is 2.63. The van der Waals surface area contributed by atoms with E-state index >= 15 is 0 Å². The number of hydrogen-bond acceptors (Lipinski definition) is 0. The minimum Gasteiger partial charge on any atom is -0.0984 e. The van der Waals surface area contributed by atoms with Crippen molar-refractivity contribution in [3.63, 3.8) is 0 Å². The minimum atomic E-state index is 1.16. The SMILES string of the molecule is C=Cc1cc2ccccc2cc1/C=C/c1cccc2ccccc12. The molecule has 0 atom stereocenters. The third-order valence-electron chi connectivity index (χ3n) is 4.44. The van der Waals surface area contributed by atoms with Crippen LogP contribution in [0.3, 0.4) is 0 Å². The van der Waals surface area contributed by atoms with Gasteiger partial charge in [0, 0.05) is 0 Å². The molecule has 0 unspecified atom stereocenters. The van der Waals surface area contributed by atoms with Crippen LogP contribution in [0.5, 0.6) is 0 Å². The van der Waals surface area contributed by atoms with Crippen LogP contribution in [-0.4, -0.2) is 0 Å². The van der Waals surface area contributed by atoms with Gasteiger partial charge in [0.05, 0.1) is 0 Å². The number of hydrogen-bond donors (Lipinski definition) is 0. The van der Waals surface area contributed by atoms with E-state index in [0.29, 0.717) is 0 Å². The van der Waals surface area contributed by atoms with Crippen LogP contribution < -0.4 is 0 Å². The highest BCUT2D eigenvalue weighted by molar-refractivity contribution is 5.95. The van der Waals surface area contributed by atoms with Crippen LogP contribution >= 0.6 is 0 Å². The van der Waals surface area contributed by atoms with E-state index in [-0.39, 0.29) is 0 Å². The fraction of sp³-hybridized carbons (Fsp3) is 0. The Balaban J connectivity index is 1.83. The van der Waals surface area contributed by atoms with E-state index in [0.717, 1.165) is 5.56 Å². The van der Waals surface area contributed by atoms with Gasteiger partial charge < -0.3 is 0 Å². The molecule has 0 N–H and O–H groups in total. The Hall–Kier alpha value is -3.12. The van der Waals surface area contributed by atoms with Gasteiger partial charge >= 0.3 is 0 Å². The van der Waals surface area contributed by atoms with Crippen molar-refractivity contribution in [3.05, 3.63) is 102 Å². The lowest BCUT2D eigenvalue weighted by molar-refractivity contribution is 1.66. The summed E-state index contributed by atoms with van der Waals surface area (Å²) in [4.78, 5) is 0. The van der Waals surface area contributed by atoms with Crippen molar-refractivity contribution in [3.8, 4) is 0 Å². The molecule has 0 spiro atoms. The molecule has 0 radical (unpaired) electrons. The summed E-state index contributed by atoms with van der Waals surface area (Å²) in [6.45, 7) is 3.97. The Morgan fingerprint density at radius 2 is 1.12 bits per heavy atom. The van der Waals surface area contributed by atoms with Crippen molar-refractivity contribution >= 4 is 39.8 Å². The molecular weight excluding hydrogens is 288 g/mol. The Morgan fingerprint density at radius 3 is 1.88 bits per heavy atom. The molecule has 114 valence electrons. The largest absolute Gasteiger partial charge is 0.0984 e. The number of fused-ring (bicyclic) bond motifs is 2. The molecule has 4 aromatic carbocycles. The van der Waals surface area contributed by atoms with Gasteiger partial charge in [0.25, 0.3) is 0 Å². The molecule has 4 aromatic rings. The molecule has 0 aromatic heterocycles. The van der Waals surface area contributed by atoms with Crippen molar-refractivity contribution < 1.29 is 0 Å². The summed E-state index contributed by atoms with van der Waals surface area (Å²) < 4.78 is 0. The van der Waals surface area contributed by atoms with Crippen LogP contribution in [0.1, 0.15) is 16.7 Å². The molecule has 0 saturated heterocycles. The topological polar surface area (TPSA) is 0 Å². The predicted molar refractivity (Wildman–Crippen MR) is 107 cm³/mol. The second kappa shape index (κ2) is 6.17. The molecule has 0 nitrogen and oxygen atoms in total. The highest BCUT2D eigenvalue weighted by Gasteiger charge is 2.01. The summed E-state index contributed by atoms with van der Waals surface area (Å²) in [6, 6.07) is 27.8. The standard InChI is InChI=1S/C24H18/c1-2-18-16-21-9-3-4-10-22(21)17-23(18)15-14-20-12-7-11-19-8-5-6-13-24(19)20/h2-17H,1H2/b15-14+. The zero-order valence-corrected chi connectivity index (χ0v) is 13.4. The predicted octanol–water partition coefficient (Wildman–Crippen LogP) is 6.81. The molecular formula is C24H18. The van der Waals surface area contributed by atoms with Gasteiger partial charge in [-0.1, -0.05) is 91.5 Å². The van der Waals surface area contributed by atoms with Gasteiger partial charge in [0.1, 0.15) is 0 Å².